The maximum absolute atomic E-state index is 4.65. The molecule has 0 amide bonds. The Bertz CT molecular complexity index is 253. The number of allylic oxidation sites excluding steroid dienone is 1. The van der Waals surface area contributed by atoms with Crippen LogP contribution < -0.4 is 0 Å². The highest BCUT2D eigenvalue weighted by atomic mass is 32.2. The monoisotopic (exact) mass is 200 g/mol. The van der Waals surface area contributed by atoms with E-state index in [0.717, 1.165) is 6.42 Å². The van der Waals surface area contributed by atoms with Gasteiger partial charge in [0.1, 0.15) is 0 Å². The summed E-state index contributed by atoms with van der Waals surface area (Å²) in [5, 5.41) is 4.24. The molecule has 0 N–H and O–H groups in total. The Morgan fingerprint density at radius 3 is 3.00 bits per heavy atom. The largest absolute Gasteiger partial charge is 0.155 e. The second-order valence-electron chi connectivity index (χ2n) is 2.46. The van der Waals surface area contributed by atoms with Gasteiger partial charge in [0.25, 0.3) is 0 Å². The number of rotatable bonds is 1. The number of hydrogen-bond acceptors (Lipinski definition) is 3. The van der Waals surface area contributed by atoms with E-state index in [0.29, 0.717) is 0 Å². The third-order valence-corrected chi connectivity index (χ3v) is 4.82. The van der Waals surface area contributed by atoms with E-state index in [-0.39, 0.29) is 4.08 Å². The van der Waals surface area contributed by atoms with Gasteiger partial charge in [-0.3, -0.25) is 0 Å². The van der Waals surface area contributed by atoms with Crippen molar-refractivity contribution in [3.8, 4) is 0 Å². The van der Waals surface area contributed by atoms with Crippen molar-refractivity contribution < 1.29 is 0 Å². The molecule has 1 atom stereocenters. The van der Waals surface area contributed by atoms with E-state index in [1.54, 1.807) is 23.1 Å². The summed E-state index contributed by atoms with van der Waals surface area (Å²) in [4.78, 5) is 1.36. The van der Waals surface area contributed by atoms with Gasteiger partial charge in [-0.1, -0.05) is 12.1 Å². The van der Waals surface area contributed by atoms with Crippen LogP contribution in [0.25, 0.3) is 0 Å². The molecule has 1 aromatic rings. The molecule has 0 bridgehead atoms. The molecule has 0 spiro atoms. The Hall–Kier alpha value is 0.140. The fourth-order valence-corrected chi connectivity index (χ4v) is 3.41. The van der Waals surface area contributed by atoms with Crippen LogP contribution in [0, 0.1) is 0 Å². The summed E-state index contributed by atoms with van der Waals surface area (Å²) in [6.07, 6.45) is 3.22. The zero-order valence-corrected chi connectivity index (χ0v) is 8.38. The molecule has 0 radical (unpaired) electrons. The average molecular weight is 200 g/mol. The fraction of sp³-hybridized carbons (Fsp3) is 0.250. The van der Waals surface area contributed by atoms with E-state index >= 15 is 0 Å². The van der Waals surface area contributed by atoms with Gasteiger partial charge in [-0.25, -0.2) is 0 Å². The van der Waals surface area contributed by atoms with Crippen molar-refractivity contribution in [1.29, 1.82) is 0 Å². The Labute approximate surface area is 80.1 Å². The smallest absolute Gasteiger partial charge is 0.0998 e. The maximum atomic E-state index is 4.65. The van der Waals surface area contributed by atoms with Gasteiger partial charge >= 0.3 is 0 Å². The summed E-state index contributed by atoms with van der Waals surface area (Å²) in [5.74, 6) is 0. The number of thiophene rings is 1. The standard InChI is InChI=1S/C8H8S3/c9-8(4-2-6-11-8)7-3-1-5-10-7/h1-3,5-6,9H,4H2/t8-/m1/s1. The van der Waals surface area contributed by atoms with Crippen molar-refractivity contribution >= 4 is 35.7 Å². The molecule has 0 saturated heterocycles. The third kappa shape index (κ3) is 1.37. The molecule has 11 heavy (non-hydrogen) atoms. The summed E-state index contributed by atoms with van der Waals surface area (Å²) in [5.41, 5.74) is 0. The Morgan fingerprint density at radius 2 is 2.45 bits per heavy atom. The van der Waals surface area contributed by atoms with Crippen LogP contribution in [0.4, 0.5) is 0 Å². The topological polar surface area (TPSA) is 0 Å². The minimum absolute atomic E-state index is 0.0359. The summed E-state index contributed by atoms with van der Waals surface area (Å²) in [6, 6.07) is 4.23. The van der Waals surface area contributed by atoms with Gasteiger partial charge in [0.15, 0.2) is 0 Å². The molecule has 1 aliphatic heterocycles. The molecule has 1 aliphatic rings. The molecule has 3 heteroatoms. The number of thiol groups is 1. The van der Waals surface area contributed by atoms with Gasteiger partial charge in [-0.2, -0.15) is 12.6 Å². The van der Waals surface area contributed by atoms with E-state index in [2.05, 4.69) is 41.6 Å². The third-order valence-electron chi connectivity index (χ3n) is 1.66. The molecule has 0 aromatic carbocycles. The first-order chi connectivity index (χ1) is 5.31. The highest BCUT2D eigenvalue weighted by Crippen LogP contribution is 2.49. The van der Waals surface area contributed by atoms with Gasteiger partial charge < -0.3 is 0 Å². The Balaban J connectivity index is 2.29. The summed E-state index contributed by atoms with van der Waals surface area (Å²) in [6.45, 7) is 0. The molecule has 0 unspecified atom stereocenters. The molecule has 0 nitrogen and oxygen atoms in total. The number of thioether (sulfide) groups is 1. The predicted molar refractivity (Wildman–Crippen MR) is 56.3 cm³/mol. The van der Waals surface area contributed by atoms with E-state index in [1.807, 2.05) is 0 Å². The molecule has 0 saturated carbocycles. The second kappa shape index (κ2) is 2.88. The van der Waals surface area contributed by atoms with Crippen molar-refractivity contribution in [2.45, 2.75) is 10.5 Å². The molecule has 0 fully saturated rings. The minimum Gasteiger partial charge on any atom is -0.155 e. The lowest BCUT2D eigenvalue weighted by atomic mass is 10.2. The quantitative estimate of drug-likeness (QED) is 0.677. The summed E-state index contributed by atoms with van der Waals surface area (Å²) < 4.78 is 0.0359. The van der Waals surface area contributed by atoms with Crippen LogP contribution in [0.3, 0.4) is 0 Å². The predicted octanol–water partition coefficient (Wildman–Crippen LogP) is 3.48. The Kier molecular flexibility index (Phi) is 2.04. The highest BCUT2D eigenvalue weighted by molar-refractivity contribution is 8.13. The highest BCUT2D eigenvalue weighted by Gasteiger charge is 2.30. The molecular formula is C8H8S3. The SMILES string of the molecule is S[C@]1(c2cccs2)CC=CS1. The molecule has 2 heterocycles. The van der Waals surface area contributed by atoms with Crippen LogP contribution in [0.1, 0.15) is 11.3 Å². The lowest BCUT2D eigenvalue weighted by molar-refractivity contribution is 0.947. The van der Waals surface area contributed by atoms with Gasteiger partial charge in [-0.15, -0.1) is 23.1 Å². The van der Waals surface area contributed by atoms with Crippen LogP contribution in [-0.4, -0.2) is 0 Å². The zero-order chi connectivity index (χ0) is 7.73. The first kappa shape index (κ1) is 7.77. The molecule has 0 aliphatic carbocycles. The minimum atomic E-state index is 0.0359. The van der Waals surface area contributed by atoms with Gasteiger partial charge in [0, 0.05) is 4.88 Å². The van der Waals surface area contributed by atoms with E-state index in [4.69, 9.17) is 0 Å². The summed E-state index contributed by atoms with van der Waals surface area (Å²) >= 11 is 8.23. The van der Waals surface area contributed by atoms with Gasteiger partial charge in [0.2, 0.25) is 0 Å². The fourth-order valence-electron chi connectivity index (χ4n) is 1.08. The van der Waals surface area contributed by atoms with Crippen LogP contribution >= 0.6 is 35.7 Å². The van der Waals surface area contributed by atoms with Crippen molar-refractivity contribution in [3.05, 3.63) is 33.9 Å². The van der Waals surface area contributed by atoms with Crippen LogP contribution in [0.2, 0.25) is 0 Å². The van der Waals surface area contributed by atoms with Gasteiger partial charge in [0.05, 0.1) is 4.08 Å². The van der Waals surface area contributed by atoms with Crippen LogP contribution in [0.5, 0.6) is 0 Å². The molecule has 58 valence electrons. The van der Waals surface area contributed by atoms with Crippen molar-refractivity contribution in [1.82, 2.24) is 0 Å². The zero-order valence-electron chi connectivity index (χ0n) is 5.86. The van der Waals surface area contributed by atoms with Crippen molar-refractivity contribution in [3.63, 3.8) is 0 Å². The maximum Gasteiger partial charge on any atom is 0.0998 e. The lowest BCUT2D eigenvalue weighted by Crippen LogP contribution is -2.06. The van der Waals surface area contributed by atoms with E-state index in [1.165, 1.54) is 4.88 Å². The summed E-state index contributed by atoms with van der Waals surface area (Å²) in [7, 11) is 0. The first-order valence-electron chi connectivity index (χ1n) is 3.40. The molecule has 2 rings (SSSR count). The van der Waals surface area contributed by atoms with Crippen molar-refractivity contribution in [2.75, 3.05) is 0 Å². The van der Waals surface area contributed by atoms with Crippen LogP contribution in [0.15, 0.2) is 29.0 Å². The molecule has 1 aromatic heterocycles. The second-order valence-corrected chi connectivity index (χ2v) is 5.67. The van der Waals surface area contributed by atoms with Crippen LogP contribution in [-0.2, 0) is 4.08 Å². The lowest BCUT2D eigenvalue weighted by Gasteiger charge is -2.18. The van der Waals surface area contributed by atoms with E-state index in [9.17, 15) is 0 Å². The van der Waals surface area contributed by atoms with Crippen molar-refractivity contribution in [2.24, 2.45) is 0 Å². The first-order valence-corrected chi connectivity index (χ1v) is 5.61. The Morgan fingerprint density at radius 1 is 1.55 bits per heavy atom. The normalized spacial score (nSPS) is 29.5. The average Bonchev–Trinajstić information content (AvgIpc) is 2.55. The molecular weight excluding hydrogens is 192 g/mol. The number of hydrogen-bond donors (Lipinski definition) is 1. The van der Waals surface area contributed by atoms with E-state index < -0.39 is 0 Å². The van der Waals surface area contributed by atoms with Gasteiger partial charge in [-0.05, 0) is 23.3 Å².